The van der Waals surface area contributed by atoms with Crippen LogP contribution in [-0.4, -0.2) is 34.6 Å². The molecule has 1 aliphatic heterocycles. The van der Waals surface area contributed by atoms with Crippen LogP contribution in [0.15, 0.2) is 0 Å². The third kappa shape index (κ3) is 3.44. The summed E-state index contributed by atoms with van der Waals surface area (Å²) >= 11 is 0. The Bertz CT molecular complexity index is 175. The van der Waals surface area contributed by atoms with Crippen molar-refractivity contribution in [2.75, 3.05) is 0 Å². The lowest BCUT2D eigenvalue weighted by Crippen LogP contribution is -2.28. The summed E-state index contributed by atoms with van der Waals surface area (Å²) in [6.07, 6.45) is 9.70. The van der Waals surface area contributed by atoms with Gasteiger partial charge in [-0.05, 0) is 25.7 Å². The Kier molecular flexibility index (Phi) is 4.00. The standard InChI is InChI=1S/C6H12O2.C6H10O/c7-5-3-1-2-4-6(5)8;1-2-4-6-5(3-1)7-6/h5-8H,1-4H2;5-6H,1-4H2/t5-,6-;/m1./s1. The van der Waals surface area contributed by atoms with Crippen molar-refractivity contribution < 1.29 is 14.9 Å². The Morgan fingerprint density at radius 3 is 1.40 bits per heavy atom. The molecule has 15 heavy (non-hydrogen) atoms. The second kappa shape index (κ2) is 5.28. The lowest BCUT2D eigenvalue weighted by Gasteiger charge is -2.22. The number of ether oxygens (including phenoxy) is 1. The van der Waals surface area contributed by atoms with Gasteiger partial charge in [-0.25, -0.2) is 0 Å². The Morgan fingerprint density at radius 1 is 0.667 bits per heavy atom. The van der Waals surface area contributed by atoms with Crippen LogP contribution in [-0.2, 0) is 4.74 Å². The van der Waals surface area contributed by atoms with Crippen molar-refractivity contribution in [2.45, 2.75) is 75.8 Å². The summed E-state index contributed by atoms with van der Waals surface area (Å²) < 4.78 is 5.28. The van der Waals surface area contributed by atoms with Crippen LogP contribution < -0.4 is 0 Å². The summed E-state index contributed by atoms with van der Waals surface area (Å²) in [5, 5.41) is 17.9. The minimum absolute atomic E-state index is 0.441. The van der Waals surface area contributed by atoms with Crippen molar-refractivity contribution >= 4 is 0 Å². The Labute approximate surface area is 91.4 Å². The molecule has 2 unspecified atom stereocenters. The molecular weight excluding hydrogens is 192 g/mol. The number of epoxide rings is 1. The number of rotatable bonds is 0. The molecule has 1 saturated heterocycles. The first-order valence-corrected chi connectivity index (χ1v) is 6.29. The molecule has 2 aliphatic carbocycles. The van der Waals surface area contributed by atoms with Crippen molar-refractivity contribution in [2.24, 2.45) is 0 Å². The van der Waals surface area contributed by atoms with E-state index >= 15 is 0 Å². The number of aliphatic hydroxyl groups is 2. The topological polar surface area (TPSA) is 53.0 Å². The van der Waals surface area contributed by atoms with Crippen molar-refractivity contribution in [1.82, 2.24) is 0 Å². The van der Waals surface area contributed by atoms with E-state index in [1.165, 1.54) is 25.7 Å². The Morgan fingerprint density at radius 2 is 1.07 bits per heavy atom. The summed E-state index contributed by atoms with van der Waals surface area (Å²) in [7, 11) is 0. The minimum atomic E-state index is -0.441. The normalized spacial score (nSPS) is 43.6. The number of hydrogen-bond donors (Lipinski definition) is 2. The molecule has 1 heterocycles. The summed E-state index contributed by atoms with van der Waals surface area (Å²) in [5.74, 6) is 0. The first-order chi connectivity index (χ1) is 7.27. The van der Waals surface area contributed by atoms with Crippen LogP contribution in [0.4, 0.5) is 0 Å². The summed E-state index contributed by atoms with van der Waals surface area (Å²) in [6.45, 7) is 0. The molecule has 0 aromatic carbocycles. The van der Waals surface area contributed by atoms with Gasteiger partial charge in [-0.1, -0.05) is 25.7 Å². The van der Waals surface area contributed by atoms with Gasteiger partial charge < -0.3 is 14.9 Å². The summed E-state index contributed by atoms with van der Waals surface area (Å²) in [5.41, 5.74) is 0. The van der Waals surface area contributed by atoms with Crippen LogP contribution in [0.1, 0.15) is 51.4 Å². The zero-order valence-corrected chi connectivity index (χ0v) is 9.27. The van der Waals surface area contributed by atoms with E-state index < -0.39 is 12.2 Å². The first kappa shape index (κ1) is 11.4. The van der Waals surface area contributed by atoms with Gasteiger partial charge in [0.15, 0.2) is 0 Å². The molecule has 3 nitrogen and oxygen atoms in total. The SMILES string of the molecule is C1CCC2OC2C1.O[C@@H]1CCCC[C@H]1O. The van der Waals surface area contributed by atoms with E-state index in [0.29, 0.717) is 12.2 Å². The molecule has 2 N–H and O–H groups in total. The van der Waals surface area contributed by atoms with Crippen LogP contribution in [0.25, 0.3) is 0 Å². The highest BCUT2D eigenvalue weighted by Gasteiger charge is 2.39. The van der Waals surface area contributed by atoms with E-state index in [-0.39, 0.29) is 0 Å². The largest absolute Gasteiger partial charge is 0.390 e. The highest BCUT2D eigenvalue weighted by molar-refractivity contribution is 4.87. The highest BCUT2D eigenvalue weighted by atomic mass is 16.6. The van der Waals surface area contributed by atoms with Gasteiger partial charge in [-0.15, -0.1) is 0 Å². The van der Waals surface area contributed by atoms with E-state index in [1.54, 1.807) is 0 Å². The lowest BCUT2D eigenvalue weighted by atomic mass is 9.95. The maximum Gasteiger partial charge on any atom is 0.0841 e. The molecule has 88 valence electrons. The van der Waals surface area contributed by atoms with Crippen molar-refractivity contribution in [1.29, 1.82) is 0 Å². The second-order valence-corrected chi connectivity index (χ2v) is 4.92. The molecule has 0 amide bonds. The van der Waals surface area contributed by atoms with Gasteiger partial charge in [0.2, 0.25) is 0 Å². The Hall–Kier alpha value is -0.120. The highest BCUT2D eigenvalue weighted by Crippen LogP contribution is 2.35. The molecule has 4 atom stereocenters. The van der Waals surface area contributed by atoms with Gasteiger partial charge in [0, 0.05) is 0 Å². The zero-order valence-electron chi connectivity index (χ0n) is 9.27. The molecule has 3 heteroatoms. The molecule has 0 aromatic rings. The van der Waals surface area contributed by atoms with Gasteiger partial charge in [-0.3, -0.25) is 0 Å². The van der Waals surface area contributed by atoms with Gasteiger partial charge in [0.25, 0.3) is 0 Å². The van der Waals surface area contributed by atoms with Crippen molar-refractivity contribution in [3.63, 3.8) is 0 Å². The quantitative estimate of drug-likeness (QED) is 0.602. The second-order valence-electron chi connectivity index (χ2n) is 4.92. The first-order valence-electron chi connectivity index (χ1n) is 6.29. The van der Waals surface area contributed by atoms with E-state index in [2.05, 4.69) is 0 Å². The lowest BCUT2D eigenvalue weighted by molar-refractivity contribution is -0.00865. The molecule has 0 radical (unpaired) electrons. The van der Waals surface area contributed by atoms with Crippen LogP contribution in [0, 0.1) is 0 Å². The average Bonchev–Trinajstić information content (AvgIpc) is 3.02. The predicted molar refractivity (Wildman–Crippen MR) is 57.6 cm³/mol. The van der Waals surface area contributed by atoms with Gasteiger partial charge in [-0.2, -0.15) is 0 Å². The maximum absolute atomic E-state index is 8.93. The molecule has 0 bridgehead atoms. The molecule has 0 aromatic heterocycles. The molecule has 0 spiro atoms. The van der Waals surface area contributed by atoms with Crippen molar-refractivity contribution in [3.8, 4) is 0 Å². The molecular formula is C12H22O3. The van der Waals surface area contributed by atoms with Crippen LogP contribution in [0.3, 0.4) is 0 Å². The maximum atomic E-state index is 8.93. The third-order valence-corrected chi connectivity index (χ3v) is 3.61. The van der Waals surface area contributed by atoms with E-state index in [4.69, 9.17) is 14.9 Å². The van der Waals surface area contributed by atoms with E-state index in [0.717, 1.165) is 25.7 Å². The van der Waals surface area contributed by atoms with Gasteiger partial charge in [0.1, 0.15) is 0 Å². The fourth-order valence-electron chi connectivity index (χ4n) is 2.47. The predicted octanol–water partition coefficient (Wildman–Crippen LogP) is 1.61. The molecule has 3 fully saturated rings. The number of aliphatic hydroxyl groups excluding tert-OH is 2. The minimum Gasteiger partial charge on any atom is -0.390 e. The summed E-state index contributed by atoms with van der Waals surface area (Å²) in [4.78, 5) is 0. The fourth-order valence-corrected chi connectivity index (χ4v) is 2.47. The zero-order chi connectivity index (χ0) is 10.7. The van der Waals surface area contributed by atoms with E-state index in [9.17, 15) is 0 Å². The van der Waals surface area contributed by atoms with Crippen LogP contribution in [0.2, 0.25) is 0 Å². The average molecular weight is 214 g/mol. The number of hydrogen-bond acceptors (Lipinski definition) is 3. The molecule has 3 aliphatic rings. The third-order valence-electron chi connectivity index (χ3n) is 3.61. The summed E-state index contributed by atoms with van der Waals surface area (Å²) in [6, 6.07) is 0. The molecule has 2 saturated carbocycles. The Balaban J connectivity index is 0.000000114. The molecule has 3 rings (SSSR count). The van der Waals surface area contributed by atoms with Gasteiger partial charge in [0.05, 0.1) is 24.4 Å². The van der Waals surface area contributed by atoms with Crippen molar-refractivity contribution in [3.05, 3.63) is 0 Å². The van der Waals surface area contributed by atoms with E-state index in [1.807, 2.05) is 0 Å². The van der Waals surface area contributed by atoms with Crippen LogP contribution >= 0.6 is 0 Å². The number of fused-ring (bicyclic) bond motifs is 1. The van der Waals surface area contributed by atoms with Crippen LogP contribution in [0.5, 0.6) is 0 Å². The fraction of sp³-hybridized carbons (Fsp3) is 1.00. The smallest absolute Gasteiger partial charge is 0.0841 e. The monoisotopic (exact) mass is 214 g/mol. The van der Waals surface area contributed by atoms with Gasteiger partial charge >= 0.3 is 0 Å².